The van der Waals surface area contributed by atoms with Gasteiger partial charge in [-0.05, 0) is 42.1 Å². The molecule has 2 aromatic rings. The Bertz CT molecular complexity index is 905. The number of fused-ring (bicyclic) bond motifs is 1. The molecule has 2 aliphatic rings. The van der Waals surface area contributed by atoms with Crippen LogP contribution < -0.4 is 10.4 Å². The summed E-state index contributed by atoms with van der Waals surface area (Å²) in [6.45, 7) is 10.5. The molecular formula is C27H38O6Si. The zero-order valence-electron chi connectivity index (χ0n) is 20.9. The van der Waals surface area contributed by atoms with Crippen molar-refractivity contribution in [1.29, 1.82) is 0 Å². The van der Waals surface area contributed by atoms with Gasteiger partial charge in [-0.15, -0.1) is 0 Å². The molecule has 0 unspecified atom stereocenters. The minimum atomic E-state index is -2.80. The maximum Gasteiger partial charge on any atom is 0.261 e. The molecule has 4 rings (SSSR count). The molecule has 0 saturated carbocycles. The maximum atomic E-state index is 11.8. The number of hydrogen-bond donors (Lipinski definition) is 2. The highest BCUT2D eigenvalue weighted by atomic mass is 28.4. The van der Waals surface area contributed by atoms with E-state index in [2.05, 4.69) is 45.0 Å². The molecule has 2 N–H and O–H groups in total. The average Bonchev–Trinajstić information content (AvgIpc) is 3.23. The van der Waals surface area contributed by atoms with Crippen LogP contribution in [0.1, 0.15) is 47.5 Å². The van der Waals surface area contributed by atoms with E-state index in [4.69, 9.17) is 18.6 Å². The van der Waals surface area contributed by atoms with E-state index in [9.17, 15) is 10.2 Å². The van der Waals surface area contributed by atoms with E-state index in [0.717, 1.165) is 0 Å². The van der Waals surface area contributed by atoms with E-state index in [1.807, 2.05) is 50.2 Å². The topological polar surface area (TPSA) is 77.4 Å². The predicted octanol–water partition coefficient (Wildman–Crippen LogP) is 2.94. The molecule has 0 radical (unpaired) electrons. The van der Waals surface area contributed by atoms with Gasteiger partial charge in [0.2, 0.25) is 0 Å². The first-order valence-corrected chi connectivity index (χ1v) is 14.0. The van der Waals surface area contributed by atoms with Gasteiger partial charge in [-0.1, -0.05) is 81.4 Å². The molecule has 6 nitrogen and oxygen atoms in total. The summed E-state index contributed by atoms with van der Waals surface area (Å²) >= 11 is 0. The average molecular weight is 487 g/mol. The second-order valence-corrected chi connectivity index (χ2v) is 15.1. The minimum absolute atomic E-state index is 0.0216. The molecular weight excluding hydrogens is 448 g/mol. The summed E-state index contributed by atoms with van der Waals surface area (Å²) in [5, 5.41) is 23.4. The van der Waals surface area contributed by atoms with E-state index in [-0.39, 0.29) is 18.3 Å². The standard InChI is InChI=1S/C27H38O6Si/c1-25(2,3)34(20-13-8-6-9-14-20,21-15-10-7-11-16-21)30-19-22-27(29,17-12-18-28)23-24(31-22)33-26(4,5)32-23/h6-11,13-16,22-24,28-29H,12,17-19H2,1-5H3/t22-,23-,24+,27+/m1/s1. The van der Waals surface area contributed by atoms with Crippen LogP contribution in [0.3, 0.4) is 0 Å². The number of aliphatic hydroxyl groups excluding tert-OH is 1. The molecule has 0 aromatic heterocycles. The van der Waals surface area contributed by atoms with Gasteiger partial charge in [-0.2, -0.15) is 0 Å². The lowest BCUT2D eigenvalue weighted by molar-refractivity contribution is -0.233. The molecule has 0 bridgehead atoms. The number of aliphatic hydroxyl groups is 2. The number of rotatable bonds is 8. The molecule has 4 atom stereocenters. The van der Waals surface area contributed by atoms with Gasteiger partial charge >= 0.3 is 0 Å². The SMILES string of the molecule is CC1(C)O[C@@H]2O[C@H](CO[Si](c3ccccc3)(c3ccccc3)C(C)(C)C)[C@@](O)(CCCO)[C@@H]2O1. The summed E-state index contributed by atoms with van der Waals surface area (Å²) in [6.07, 6.45) is -1.19. The van der Waals surface area contributed by atoms with Crippen LogP contribution in [0.15, 0.2) is 60.7 Å². The van der Waals surface area contributed by atoms with Gasteiger partial charge in [-0.25, -0.2) is 0 Å². The maximum absolute atomic E-state index is 11.8. The molecule has 0 amide bonds. The Morgan fingerprint density at radius 3 is 2.00 bits per heavy atom. The van der Waals surface area contributed by atoms with Gasteiger partial charge in [0.05, 0.1) is 6.61 Å². The first kappa shape index (κ1) is 25.5. The summed E-state index contributed by atoms with van der Waals surface area (Å²) in [6, 6.07) is 20.8. The van der Waals surface area contributed by atoms with Crippen molar-refractivity contribution in [3.05, 3.63) is 60.7 Å². The van der Waals surface area contributed by atoms with E-state index in [1.165, 1.54) is 10.4 Å². The minimum Gasteiger partial charge on any atom is -0.405 e. The Balaban J connectivity index is 1.70. The third kappa shape index (κ3) is 4.51. The molecule has 2 heterocycles. The summed E-state index contributed by atoms with van der Waals surface area (Å²) in [7, 11) is -2.80. The molecule has 0 spiro atoms. The van der Waals surface area contributed by atoms with Crippen molar-refractivity contribution >= 4 is 18.7 Å². The van der Waals surface area contributed by atoms with Gasteiger partial charge in [0.15, 0.2) is 12.1 Å². The largest absolute Gasteiger partial charge is 0.405 e. The lowest BCUT2D eigenvalue weighted by Gasteiger charge is -2.44. The highest BCUT2D eigenvalue weighted by Crippen LogP contribution is 2.46. The zero-order chi connectivity index (χ0) is 24.6. The van der Waals surface area contributed by atoms with Crippen LogP contribution in [0.2, 0.25) is 5.04 Å². The molecule has 34 heavy (non-hydrogen) atoms. The van der Waals surface area contributed by atoms with Crippen LogP contribution >= 0.6 is 0 Å². The third-order valence-electron chi connectivity index (χ3n) is 7.01. The molecule has 2 saturated heterocycles. The summed E-state index contributed by atoms with van der Waals surface area (Å²) in [5.74, 6) is -0.841. The van der Waals surface area contributed by atoms with Crippen LogP contribution in [0.4, 0.5) is 0 Å². The Labute approximate surface area is 203 Å². The van der Waals surface area contributed by atoms with Crippen molar-refractivity contribution in [3.63, 3.8) is 0 Å². The van der Waals surface area contributed by atoms with Crippen molar-refractivity contribution in [2.45, 2.75) is 82.4 Å². The normalized spacial score (nSPS) is 28.7. The van der Waals surface area contributed by atoms with Crippen molar-refractivity contribution in [2.75, 3.05) is 13.2 Å². The fourth-order valence-electron chi connectivity index (χ4n) is 5.44. The van der Waals surface area contributed by atoms with Gasteiger partial charge < -0.3 is 28.8 Å². The first-order valence-electron chi connectivity index (χ1n) is 12.1. The number of hydrogen-bond acceptors (Lipinski definition) is 6. The van der Waals surface area contributed by atoms with Gasteiger partial charge in [0.1, 0.15) is 17.8 Å². The van der Waals surface area contributed by atoms with E-state index in [1.54, 1.807) is 0 Å². The summed E-state index contributed by atoms with van der Waals surface area (Å²) in [4.78, 5) is 0. The summed E-state index contributed by atoms with van der Waals surface area (Å²) < 4.78 is 25.3. The molecule has 2 aromatic carbocycles. The second-order valence-electron chi connectivity index (χ2n) is 10.8. The van der Waals surface area contributed by atoms with E-state index in [0.29, 0.717) is 12.8 Å². The highest BCUT2D eigenvalue weighted by Gasteiger charge is 2.63. The molecule has 186 valence electrons. The Morgan fingerprint density at radius 1 is 0.941 bits per heavy atom. The highest BCUT2D eigenvalue weighted by molar-refractivity contribution is 6.99. The molecule has 2 fully saturated rings. The molecule has 7 heteroatoms. The predicted molar refractivity (Wildman–Crippen MR) is 134 cm³/mol. The van der Waals surface area contributed by atoms with Crippen LogP contribution in [-0.4, -0.2) is 61.6 Å². The van der Waals surface area contributed by atoms with Crippen LogP contribution in [0.25, 0.3) is 0 Å². The number of ether oxygens (including phenoxy) is 3. The lowest BCUT2D eigenvalue weighted by atomic mass is 9.88. The second kappa shape index (κ2) is 9.46. The van der Waals surface area contributed by atoms with Gasteiger partial charge in [0, 0.05) is 6.61 Å². The smallest absolute Gasteiger partial charge is 0.261 e. The quantitative estimate of drug-likeness (QED) is 0.559. The fraction of sp³-hybridized carbons (Fsp3) is 0.556. The molecule has 0 aliphatic carbocycles. The fourth-order valence-corrected chi connectivity index (χ4v) is 10.00. The lowest BCUT2D eigenvalue weighted by Crippen LogP contribution is -2.67. The van der Waals surface area contributed by atoms with Gasteiger partial charge in [0.25, 0.3) is 8.32 Å². The van der Waals surface area contributed by atoms with Crippen molar-refractivity contribution in [3.8, 4) is 0 Å². The van der Waals surface area contributed by atoms with Crippen molar-refractivity contribution < 1.29 is 28.8 Å². The first-order chi connectivity index (χ1) is 16.0. The van der Waals surface area contributed by atoms with Crippen molar-refractivity contribution in [2.24, 2.45) is 0 Å². The Morgan fingerprint density at radius 2 is 1.50 bits per heavy atom. The Kier molecular flexibility index (Phi) is 7.10. The zero-order valence-corrected chi connectivity index (χ0v) is 21.9. The van der Waals surface area contributed by atoms with E-state index >= 15 is 0 Å². The summed E-state index contributed by atoms with van der Waals surface area (Å²) in [5.41, 5.74) is -1.33. The van der Waals surface area contributed by atoms with Crippen molar-refractivity contribution in [1.82, 2.24) is 0 Å². The van der Waals surface area contributed by atoms with Crippen LogP contribution in [0, 0.1) is 0 Å². The van der Waals surface area contributed by atoms with Crippen LogP contribution in [-0.2, 0) is 18.6 Å². The van der Waals surface area contributed by atoms with E-state index < -0.39 is 38.2 Å². The van der Waals surface area contributed by atoms with Crippen LogP contribution in [0.5, 0.6) is 0 Å². The third-order valence-corrected chi connectivity index (χ3v) is 12.0. The molecule has 2 aliphatic heterocycles. The number of benzene rings is 2. The monoisotopic (exact) mass is 486 g/mol. The van der Waals surface area contributed by atoms with Gasteiger partial charge in [-0.3, -0.25) is 0 Å². The Hall–Kier alpha value is -1.58.